The molecule has 0 unspecified atom stereocenters. The van der Waals surface area contributed by atoms with Gasteiger partial charge in [0.2, 0.25) is 0 Å². The van der Waals surface area contributed by atoms with E-state index in [1.165, 1.54) is 12.3 Å². The summed E-state index contributed by atoms with van der Waals surface area (Å²) < 4.78 is 32.0. The van der Waals surface area contributed by atoms with E-state index in [1.54, 1.807) is 6.07 Å². The largest absolute Gasteiger partial charge is 0.368 e. The van der Waals surface area contributed by atoms with Crippen molar-refractivity contribution in [1.82, 2.24) is 4.98 Å². The van der Waals surface area contributed by atoms with Gasteiger partial charge in [0.05, 0.1) is 11.9 Å². The number of hydrogen-bond donors (Lipinski definition) is 3. The van der Waals surface area contributed by atoms with Crippen molar-refractivity contribution in [3.63, 3.8) is 0 Å². The Hall–Kier alpha value is -2.65. The maximum atomic E-state index is 11.4. The molecular weight excluding hydrogens is 308 g/mol. The summed E-state index contributed by atoms with van der Waals surface area (Å²) in [5.74, 6) is 0. The fourth-order valence-corrected chi connectivity index (χ4v) is 2.51. The second-order valence-corrected chi connectivity index (χ2v) is 5.73. The minimum atomic E-state index is -4.86. The average Bonchev–Trinajstić information content (AvgIpc) is 2.39. The molecule has 0 aliphatic rings. The fraction of sp³-hybridized carbons (Fsp3) is 0.0769. The molecule has 0 fully saturated rings. The van der Waals surface area contributed by atoms with Crippen molar-refractivity contribution in [1.29, 1.82) is 0 Å². The summed E-state index contributed by atoms with van der Waals surface area (Å²) in [6, 6.07) is 7.41. The van der Waals surface area contributed by atoms with E-state index >= 15 is 0 Å². The number of nitrogens with one attached hydrogen (secondary N) is 1. The van der Waals surface area contributed by atoms with Gasteiger partial charge in [0.1, 0.15) is 5.69 Å². The highest BCUT2D eigenvalue weighted by atomic mass is 32.2. The minimum absolute atomic E-state index is 0.0676. The Morgan fingerprint density at radius 3 is 2.68 bits per heavy atom. The van der Waals surface area contributed by atoms with Gasteiger partial charge in [-0.25, -0.2) is 4.79 Å². The number of amides is 2. The van der Waals surface area contributed by atoms with Gasteiger partial charge in [-0.1, -0.05) is 12.1 Å². The summed E-state index contributed by atoms with van der Waals surface area (Å²) in [6.07, 6.45) is 2.52. The van der Waals surface area contributed by atoms with Crippen molar-refractivity contribution in [2.75, 3.05) is 9.62 Å². The molecule has 9 heteroatoms. The van der Waals surface area contributed by atoms with E-state index in [9.17, 15) is 17.8 Å². The molecule has 0 bridgehead atoms. The van der Waals surface area contributed by atoms with Gasteiger partial charge in [-0.15, -0.1) is 0 Å². The molecule has 0 radical (unpaired) electrons. The third-order valence-electron chi connectivity index (χ3n) is 2.75. The highest BCUT2D eigenvalue weighted by molar-refractivity contribution is 7.88. The van der Waals surface area contributed by atoms with Crippen molar-refractivity contribution in [2.45, 2.75) is 6.92 Å². The van der Waals surface area contributed by atoms with Crippen molar-refractivity contribution in [3.8, 4) is 0 Å². The lowest BCUT2D eigenvalue weighted by atomic mass is 10.2. The second kappa shape index (κ2) is 6.00. The summed E-state index contributed by atoms with van der Waals surface area (Å²) in [5.41, 5.74) is 6.76. The number of carbonyl (C=O) groups is 1. The highest BCUT2D eigenvalue weighted by Gasteiger charge is 2.27. The summed E-state index contributed by atoms with van der Waals surface area (Å²) in [5, 5.41) is 2.96. The molecule has 1 aromatic carbocycles. The molecule has 1 heterocycles. The number of urea groups is 1. The fourth-order valence-electron chi connectivity index (χ4n) is 1.89. The van der Waals surface area contributed by atoms with E-state index in [0.717, 1.165) is 11.8 Å². The van der Waals surface area contributed by atoms with E-state index < -0.39 is 16.3 Å². The number of carbonyl (C=O) groups excluding carboxylic acids is 1. The summed E-state index contributed by atoms with van der Waals surface area (Å²) in [6.45, 7) is 1.90. The molecule has 0 aliphatic heterocycles. The van der Waals surface area contributed by atoms with Crippen LogP contribution in [-0.4, -0.2) is 24.0 Å². The first-order chi connectivity index (χ1) is 10.3. The van der Waals surface area contributed by atoms with E-state index in [4.69, 9.17) is 5.73 Å². The van der Waals surface area contributed by atoms with Crippen LogP contribution in [0.15, 0.2) is 42.7 Å². The Kier molecular flexibility index (Phi) is 4.29. The summed E-state index contributed by atoms with van der Waals surface area (Å²) >= 11 is 0. The number of primary amides is 1. The molecule has 0 saturated heterocycles. The first-order valence-electron chi connectivity index (χ1n) is 6.14. The van der Waals surface area contributed by atoms with Crippen LogP contribution in [0.4, 0.5) is 21.9 Å². The first kappa shape index (κ1) is 15.7. The molecule has 2 aromatic rings. The third kappa shape index (κ3) is 3.51. The molecule has 1 aromatic heterocycles. The van der Waals surface area contributed by atoms with Crippen LogP contribution in [0.3, 0.4) is 0 Å². The van der Waals surface area contributed by atoms with Crippen molar-refractivity contribution in [3.05, 3.63) is 48.3 Å². The molecule has 2 amide bonds. The average molecular weight is 322 g/mol. The van der Waals surface area contributed by atoms with Gasteiger partial charge in [-0.2, -0.15) is 12.7 Å². The van der Waals surface area contributed by atoms with Gasteiger partial charge in [-0.3, -0.25) is 9.54 Å². The minimum Gasteiger partial charge on any atom is -0.354 e. The van der Waals surface area contributed by atoms with Crippen molar-refractivity contribution in [2.24, 2.45) is 5.73 Å². The van der Waals surface area contributed by atoms with Gasteiger partial charge >= 0.3 is 16.3 Å². The topological polar surface area (TPSA) is 126 Å². The van der Waals surface area contributed by atoms with Gasteiger partial charge < -0.3 is 11.1 Å². The Balaban J connectivity index is 2.48. The van der Waals surface area contributed by atoms with Gasteiger partial charge in [-0.05, 0) is 30.7 Å². The first-order valence-corrected chi connectivity index (χ1v) is 7.53. The summed E-state index contributed by atoms with van der Waals surface area (Å²) in [4.78, 5) is 15.1. The van der Waals surface area contributed by atoms with Crippen LogP contribution in [0.1, 0.15) is 5.56 Å². The predicted molar refractivity (Wildman–Crippen MR) is 82.3 cm³/mol. The zero-order chi connectivity index (χ0) is 16.3. The lowest BCUT2D eigenvalue weighted by Gasteiger charge is -2.19. The standard InChI is InChI=1S/C13H14N4O4S/c1-9-3-2-4-10(7-9)16-11-5-6-15-8-12(11)17(13(14)18)22(19,20)21/h2-8H,1H3,(H2,14,18)(H,15,16)(H,19,20,21). The zero-order valence-electron chi connectivity index (χ0n) is 11.6. The number of nitrogens with two attached hydrogens (primary N) is 1. The smallest absolute Gasteiger partial charge is 0.354 e. The number of aryl methyl sites for hydroxylation is 1. The number of pyridine rings is 1. The molecule has 8 nitrogen and oxygen atoms in total. The normalized spacial score (nSPS) is 11.0. The molecule has 2 rings (SSSR count). The molecule has 0 spiro atoms. The van der Waals surface area contributed by atoms with Gasteiger partial charge in [0.15, 0.2) is 0 Å². The van der Waals surface area contributed by atoms with Crippen molar-refractivity contribution < 1.29 is 17.8 Å². The van der Waals surface area contributed by atoms with E-state index in [0.29, 0.717) is 5.69 Å². The van der Waals surface area contributed by atoms with Gasteiger partial charge in [0.25, 0.3) is 0 Å². The maximum Gasteiger partial charge on any atom is 0.368 e. The monoisotopic (exact) mass is 322 g/mol. The Morgan fingerprint density at radius 2 is 2.09 bits per heavy atom. The number of aromatic nitrogens is 1. The Labute approximate surface area is 127 Å². The Morgan fingerprint density at radius 1 is 1.36 bits per heavy atom. The van der Waals surface area contributed by atoms with Crippen LogP contribution in [0.2, 0.25) is 0 Å². The molecule has 0 atom stereocenters. The second-order valence-electron chi connectivity index (χ2n) is 4.47. The quantitative estimate of drug-likeness (QED) is 0.737. The molecule has 0 aliphatic carbocycles. The van der Waals surface area contributed by atoms with Crippen LogP contribution in [0.5, 0.6) is 0 Å². The lowest BCUT2D eigenvalue weighted by Crippen LogP contribution is -2.40. The van der Waals surface area contributed by atoms with E-state index in [1.807, 2.05) is 25.1 Å². The number of benzene rings is 1. The molecule has 116 valence electrons. The number of anilines is 3. The maximum absolute atomic E-state index is 11.4. The summed E-state index contributed by atoms with van der Waals surface area (Å²) in [7, 11) is -4.86. The zero-order valence-corrected chi connectivity index (χ0v) is 12.4. The van der Waals surface area contributed by atoms with Crippen molar-refractivity contribution >= 4 is 33.4 Å². The molecule has 0 saturated carbocycles. The van der Waals surface area contributed by atoms with Crippen LogP contribution in [0.25, 0.3) is 0 Å². The predicted octanol–water partition coefficient (Wildman–Crippen LogP) is 1.82. The van der Waals surface area contributed by atoms with Crippen LogP contribution >= 0.6 is 0 Å². The third-order valence-corrected chi connectivity index (χ3v) is 3.58. The molecule has 4 N–H and O–H groups in total. The molecular formula is C13H14N4O4S. The van der Waals surface area contributed by atoms with Crippen LogP contribution in [-0.2, 0) is 10.3 Å². The Bertz CT molecular complexity index is 807. The van der Waals surface area contributed by atoms with Crippen LogP contribution in [0, 0.1) is 6.92 Å². The SMILES string of the molecule is Cc1cccc(Nc2ccncc2N(C(N)=O)S(=O)(=O)O)c1. The number of nitrogens with zero attached hydrogens (tertiary/aromatic N) is 2. The highest BCUT2D eigenvalue weighted by Crippen LogP contribution is 2.29. The van der Waals surface area contributed by atoms with E-state index in [-0.39, 0.29) is 15.7 Å². The van der Waals surface area contributed by atoms with Gasteiger partial charge in [0, 0.05) is 11.9 Å². The molecule has 22 heavy (non-hydrogen) atoms. The van der Waals surface area contributed by atoms with Crippen LogP contribution < -0.4 is 15.4 Å². The number of rotatable bonds is 4. The lowest BCUT2D eigenvalue weighted by molar-refractivity contribution is 0.256. The number of hydrogen-bond acceptors (Lipinski definition) is 5. The van der Waals surface area contributed by atoms with E-state index in [2.05, 4.69) is 10.3 Å².